The molecule has 0 radical (unpaired) electrons. The highest BCUT2D eigenvalue weighted by Gasteiger charge is 2.31. The van der Waals surface area contributed by atoms with Gasteiger partial charge in [0.1, 0.15) is 5.82 Å². The molecule has 1 aliphatic carbocycles. The Labute approximate surface area is 182 Å². The summed E-state index contributed by atoms with van der Waals surface area (Å²) in [5.74, 6) is 1.33. The maximum absolute atomic E-state index is 12.8. The number of aromatic nitrogens is 5. The van der Waals surface area contributed by atoms with E-state index in [-0.39, 0.29) is 16.8 Å². The third-order valence-electron chi connectivity index (χ3n) is 5.31. The molecule has 0 saturated heterocycles. The number of carbonyl (C=O) groups excluding carboxylic acids is 1. The van der Waals surface area contributed by atoms with Gasteiger partial charge in [-0.2, -0.15) is 0 Å². The fourth-order valence-corrected chi connectivity index (χ4v) is 4.37. The van der Waals surface area contributed by atoms with Crippen LogP contribution in [-0.4, -0.2) is 35.9 Å². The Hall–Kier alpha value is -3.33. The number of H-pyrrole nitrogens is 2. The third-order valence-corrected chi connectivity index (χ3v) is 6.39. The molecule has 1 atom stereocenters. The van der Waals surface area contributed by atoms with Gasteiger partial charge in [-0.15, -0.1) is 10.2 Å². The number of hydrogen-bond donors (Lipinski definition) is 3. The van der Waals surface area contributed by atoms with Crippen LogP contribution in [0, 0.1) is 0 Å². The van der Waals surface area contributed by atoms with E-state index in [0.29, 0.717) is 29.2 Å². The topological polar surface area (TPSA) is 108 Å². The fraction of sp³-hybridized carbons (Fsp3) is 0.273. The van der Waals surface area contributed by atoms with Crippen molar-refractivity contribution in [2.24, 2.45) is 0 Å². The monoisotopic (exact) mass is 434 g/mol. The van der Waals surface area contributed by atoms with Crippen LogP contribution < -0.4 is 11.0 Å². The number of fused-ring (bicyclic) bond motifs is 1. The van der Waals surface area contributed by atoms with Gasteiger partial charge in [-0.1, -0.05) is 42.1 Å². The van der Waals surface area contributed by atoms with Gasteiger partial charge >= 0.3 is 5.69 Å². The summed E-state index contributed by atoms with van der Waals surface area (Å²) in [6.45, 7) is 2.54. The Bertz CT molecular complexity index is 1290. The second-order valence-electron chi connectivity index (χ2n) is 7.78. The largest absolute Gasteiger partial charge is 0.325 e. The van der Waals surface area contributed by atoms with Gasteiger partial charge in [0, 0.05) is 11.6 Å². The number of rotatable bonds is 7. The standard InChI is InChI=1S/C22H22N6O2S/c1-13(20(29)23-16-9-10-17-18(11-16)25-21(30)24-17)31-22-27-26-19(15-7-8-15)28(22)12-14-5-3-2-4-6-14/h2-6,9-11,13,15H,7-8,12H2,1H3,(H,23,29)(H2,24,25,30)/t13-/m1/s1. The first-order valence-corrected chi connectivity index (χ1v) is 11.1. The van der Waals surface area contributed by atoms with Crippen molar-refractivity contribution in [2.45, 2.75) is 42.6 Å². The van der Waals surface area contributed by atoms with Gasteiger partial charge < -0.3 is 19.9 Å². The van der Waals surface area contributed by atoms with Crippen LogP contribution in [0.1, 0.15) is 37.1 Å². The number of amides is 1. The highest BCUT2D eigenvalue weighted by atomic mass is 32.2. The molecule has 158 valence electrons. The molecule has 0 aliphatic heterocycles. The highest BCUT2D eigenvalue weighted by Crippen LogP contribution is 2.40. The molecule has 5 rings (SSSR count). The van der Waals surface area contributed by atoms with Gasteiger partial charge in [0.2, 0.25) is 5.91 Å². The second-order valence-corrected chi connectivity index (χ2v) is 9.08. The molecule has 0 unspecified atom stereocenters. The summed E-state index contributed by atoms with van der Waals surface area (Å²) >= 11 is 1.40. The zero-order chi connectivity index (χ0) is 21.4. The first kappa shape index (κ1) is 19.6. The molecule has 8 nitrogen and oxygen atoms in total. The fourth-order valence-electron chi connectivity index (χ4n) is 3.51. The van der Waals surface area contributed by atoms with Crippen LogP contribution >= 0.6 is 11.8 Å². The van der Waals surface area contributed by atoms with Crippen molar-refractivity contribution < 1.29 is 4.79 Å². The van der Waals surface area contributed by atoms with Crippen molar-refractivity contribution in [1.82, 2.24) is 24.7 Å². The SMILES string of the molecule is C[C@@H](Sc1nnc(C2CC2)n1Cc1ccccc1)C(=O)Nc1ccc2[nH]c(=O)[nH]c2c1. The third kappa shape index (κ3) is 4.27. The number of nitrogens with zero attached hydrogens (tertiary/aromatic N) is 3. The number of hydrogen-bond acceptors (Lipinski definition) is 5. The van der Waals surface area contributed by atoms with E-state index in [0.717, 1.165) is 23.8 Å². The minimum absolute atomic E-state index is 0.135. The molecule has 1 fully saturated rings. The predicted molar refractivity (Wildman–Crippen MR) is 120 cm³/mol. The molecule has 3 N–H and O–H groups in total. The Balaban J connectivity index is 1.32. The summed E-state index contributed by atoms with van der Waals surface area (Å²) in [6.07, 6.45) is 2.27. The minimum Gasteiger partial charge on any atom is -0.325 e. The normalized spacial score (nSPS) is 14.6. The molecule has 31 heavy (non-hydrogen) atoms. The number of carbonyl (C=O) groups is 1. The van der Waals surface area contributed by atoms with E-state index in [9.17, 15) is 9.59 Å². The molecule has 4 aromatic rings. The van der Waals surface area contributed by atoms with Gasteiger partial charge in [-0.3, -0.25) is 4.79 Å². The average molecular weight is 435 g/mol. The first-order chi connectivity index (χ1) is 15.1. The van der Waals surface area contributed by atoms with Gasteiger partial charge in [0.25, 0.3) is 0 Å². The zero-order valence-corrected chi connectivity index (χ0v) is 17.8. The molecule has 1 aliphatic rings. The molecule has 2 heterocycles. The Morgan fingerprint density at radius 1 is 1.16 bits per heavy atom. The zero-order valence-electron chi connectivity index (χ0n) is 17.0. The van der Waals surface area contributed by atoms with Gasteiger partial charge in [-0.25, -0.2) is 4.79 Å². The molecular formula is C22H22N6O2S. The molecule has 2 aromatic heterocycles. The van der Waals surface area contributed by atoms with E-state index in [1.54, 1.807) is 18.2 Å². The molecule has 0 bridgehead atoms. The van der Waals surface area contributed by atoms with E-state index >= 15 is 0 Å². The van der Waals surface area contributed by atoms with E-state index in [1.807, 2.05) is 25.1 Å². The summed E-state index contributed by atoms with van der Waals surface area (Å²) in [5, 5.41) is 12.1. The van der Waals surface area contributed by atoms with Crippen molar-refractivity contribution in [3.63, 3.8) is 0 Å². The number of imidazole rings is 1. The van der Waals surface area contributed by atoms with Crippen LogP contribution in [0.3, 0.4) is 0 Å². The number of nitrogens with one attached hydrogen (secondary N) is 3. The Morgan fingerprint density at radius 2 is 1.94 bits per heavy atom. The first-order valence-electron chi connectivity index (χ1n) is 10.2. The van der Waals surface area contributed by atoms with Crippen LogP contribution in [0.25, 0.3) is 11.0 Å². The molecule has 1 amide bonds. The van der Waals surface area contributed by atoms with E-state index in [1.165, 1.54) is 17.3 Å². The molecule has 1 saturated carbocycles. The van der Waals surface area contributed by atoms with Crippen LogP contribution in [0.4, 0.5) is 5.69 Å². The van der Waals surface area contributed by atoms with Gasteiger partial charge in [-0.05, 0) is 43.5 Å². The van der Waals surface area contributed by atoms with Crippen molar-refractivity contribution in [2.75, 3.05) is 5.32 Å². The maximum atomic E-state index is 12.8. The number of benzene rings is 2. The second kappa shape index (κ2) is 8.07. The summed E-state index contributed by atoms with van der Waals surface area (Å²) in [6, 6.07) is 15.5. The van der Waals surface area contributed by atoms with Crippen LogP contribution in [0.15, 0.2) is 58.5 Å². The van der Waals surface area contributed by atoms with Crippen molar-refractivity contribution >= 4 is 34.4 Å². The van der Waals surface area contributed by atoms with E-state index in [4.69, 9.17) is 0 Å². The molecular weight excluding hydrogens is 412 g/mol. The highest BCUT2D eigenvalue weighted by molar-refractivity contribution is 8.00. The molecule has 2 aromatic carbocycles. The lowest BCUT2D eigenvalue weighted by Crippen LogP contribution is -2.23. The number of anilines is 1. The summed E-state index contributed by atoms with van der Waals surface area (Å²) < 4.78 is 2.14. The van der Waals surface area contributed by atoms with Crippen LogP contribution in [-0.2, 0) is 11.3 Å². The van der Waals surface area contributed by atoms with Crippen LogP contribution in [0.5, 0.6) is 0 Å². The Morgan fingerprint density at radius 3 is 2.71 bits per heavy atom. The Kier molecular flexibility index (Phi) is 5.11. The van der Waals surface area contributed by atoms with E-state index < -0.39 is 0 Å². The summed E-state index contributed by atoms with van der Waals surface area (Å²) in [4.78, 5) is 29.6. The number of thioether (sulfide) groups is 1. The average Bonchev–Trinajstić information content (AvgIpc) is 3.43. The molecule has 0 spiro atoms. The van der Waals surface area contributed by atoms with Crippen molar-refractivity contribution in [3.8, 4) is 0 Å². The predicted octanol–water partition coefficient (Wildman–Crippen LogP) is 3.49. The number of aromatic amines is 2. The van der Waals surface area contributed by atoms with Crippen molar-refractivity contribution in [1.29, 1.82) is 0 Å². The maximum Gasteiger partial charge on any atom is 0.323 e. The lowest BCUT2D eigenvalue weighted by atomic mass is 10.2. The van der Waals surface area contributed by atoms with Crippen LogP contribution in [0.2, 0.25) is 0 Å². The van der Waals surface area contributed by atoms with Gasteiger partial charge in [0.15, 0.2) is 5.16 Å². The molecule has 9 heteroatoms. The lowest BCUT2D eigenvalue weighted by Gasteiger charge is -2.14. The van der Waals surface area contributed by atoms with Crippen molar-refractivity contribution in [3.05, 3.63) is 70.4 Å². The lowest BCUT2D eigenvalue weighted by molar-refractivity contribution is -0.115. The summed E-state index contributed by atoms with van der Waals surface area (Å²) in [7, 11) is 0. The smallest absolute Gasteiger partial charge is 0.323 e. The van der Waals surface area contributed by atoms with E-state index in [2.05, 4.69) is 42.2 Å². The summed E-state index contributed by atoms with van der Waals surface area (Å²) in [5.41, 5.74) is 2.89. The quantitative estimate of drug-likeness (QED) is 0.386. The minimum atomic E-state index is -0.369. The van der Waals surface area contributed by atoms with Gasteiger partial charge in [0.05, 0.1) is 22.8 Å².